The van der Waals surface area contributed by atoms with Gasteiger partial charge < -0.3 is 4.74 Å². The van der Waals surface area contributed by atoms with Crippen molar-refractivity contribution in [1.29, 1.82) is 0 Å². The molecule has 0 bridgehead atoms. The van der Waals surface area contributed by atoms with Crippen molar-refractivity contribution < 1.29 is 4.74 Å². The minimum atomic E-state index is 0.932. The molecule has 0 unspecified atom stereocenters. The molecule has 0 aromatic rings. The van der Waals surface area contributed by atoms with Crippen LogP contribution in [0, 0.1) is 6.61 Å². The smallest absolute Gasteiger partial charge is 0.0836 e. The Morgan fingerprint density at radius 2 is 1.11 bits per heavy atom. The fourth-order valence-corrected chi connectivity index (χ4v) is 2.14. The summed E-state index contributed by atoms with van der Waals surface area (Å²) in [6.45, 7) is 7.46. The van der Waals surface area contributed by atoms with Crippen LogP contribution in [0.2, 0.25) is 0 Å². The summed E-state index contributed by atoms with van der Waals surface area (Å²) in [4.78, 5) is 0. The van der Waals surface area contributed by atoms with Crippen LogP contribution in [0.25, 0.3) is 0 Å². The van der Waals surface area contributed by atoms with Gasteiger partial charge in [0.05, 0.1) is 6.61 Å². The highest BCUT2D eigenvalue weighted by atomic mass is 16.5. The summed E-state index contributed by atoms with van der Waals surface area (Å²) in [5.41, 5.74) is 0. The Bertz CT molecular complexity index is 118. The van der Waals surface area contributed by atoms with Crippen molar-refractivity contribution in [1.82, 2.24) is 0 Å². The minimum absolute atomic E-state index is 0.932. The molecule has 0 amide bonds. The van der Waals surface area contributed by atoms with E-state index < -0.39 is 0 Å². The summed E-state index contributed by atoms with van der Waals surface area (Å²) >= 11 is 0. The highest BCUT2D eigenvalue weighted by Crippen LogP contribution is 2.10. The first-order valence-corrected chi connectivity index (χ1v) is 8.35. The molecule has 18 heavy (non-hydrogen) atoms. The number of hydrogen-bond acceptors (Lipinski definition) is 1. The van der Waals surface area contributed by atoms with Crippen LogP contribution >= 0.6 is 0 Å². The van der Waals surface area contributed by atoms with E-state index in [0.29, 0.717) is 0 Å². The molecule has 0 aromatic carbocycles. The molecule has 0 aliphatic carbocycles. The first kappa shape index (κ1) is 18.0. The molecule has 1 heteroatoms. The lowest BCUT2D eigenvalue weighted by Gasteiger charge is -2.04. The van der Waals surface area contributed by atoms with Crippen molar-refractivity contribution in [2.75, 3.05) is 6.61 Å². The van der Waals surface area contributed by atoms with Gasteiger partial charge in [-0.15, -0.1) is 0 Å². The second kappa shape index (κ2) is 17.0. The standard InChI is InChI=1S/C17H35O/c1-3-5-7-9-10-11-12-13-15-17-18-16-14-8-6-4-2/h16H,3-15,17H2,1-2H3. The van der Waals surface area contributed by atoms with Crippen LogP contribution in [0.15, 0.2) is 0 Å². The van der Waals surface area contributed by atoms with Crippen LogP contribution in [-0.4, -0.2) is 6.61 Å². The average molecular weight is 255 g/mol. The Morgan fingerprint density at radius 1 is 0.611 bits per heavy atom. The molecule has 0 saturated heterocycles. The number of rotatable bonds is 15. The first-order chi connectivity index (χ1) is 8.91. The number of ether oxygens (including phenoxy) is 1. The van der Waals surface area contributed by atoms with Gasteiger partial charge in [0.15, 0.2) is 0 Å². The summed E-state index contributed by atoms with van der Waals surface area (Å²) in [5.74, 6) is 0. The van der Waals surface area contributed by atoms with E-state index in [1.807, 2.05) is 6.61 Å². The van der Waals surface area contributed by atoms with Gasteiger partial charge in [-0.05, 0) is 12.8 Å². The minimum Gasteiger partial charge on any atom is -0.376 e. The monoisotopic (exact) mass is 255 g/mol. The van der Waals surface area contributed by atoms with E-state index in [1.165, 1.54) is 77.0 Å². The van der Waals surface area contributed by atoms with Crippen molar-refractivity contribution in [2.24, 2.45) is 0 Å². The van der Waals surface area contributed by atoms with Gasteiger partial charge in [0.25, 0.3) is 0 Å². The molecule has 0 spiro atoms. The fourth-order valence-electron chi connectivity index (χ4n) is 2.14. The van der Waals surface area contributed by atoms with Gasteiger partial charge in [0, 0.05) is 6.61 Å². The number of hydrogen-bond donors (Lipinski definition) is 0. The molecule has 0 aromatic heterocycles. The summed E-state index contributed by atoms with van der Waals surface area (Å²) in [7, 11) is 0. The molecule has 109 valence electrons. The second-order valence-corrected chi connectivity index (χ2v) is 5.36. The number of unbranched alkanes of at least 4 members (excludes halogenated alkanes) is 11. The molecule has 1 nitrogen and oxygen atoms in total. The predicted octanol–water partition coefficient (Wildman–Crippen LogP) is 6.28. The third-order valence-electron chi connectivity index (χ3n) is 3.41. The summed E-state index contributed by atoms with van der Waals surface area (Å²) in [5, 5.41) is 0. The van der Waals surface area contributed by atoms with E-state index in [2.05, 4.69) is 13.8 Å². The van der Waals surface area contributed by atoms with Crippen LogP contribution in [-0.2, 0) is 4.74 Å². The zero-order chi connectivity index (χ0) is 13.3. The first-order valence-electron chi connectivity index (χ1n) is 8.35. The van der Waals surface area contributed by atoms with E-state index in [-0.39, 0.29) is 0 Å². The summed E-state index contributed by atoms with van der Waals surface area (Å²) in [6.07, 6.45) is 17.5. The molecule has 0 heterocycles. The maximum absolute atomic E-state index is 5.51. The van der Waals surface area contributed by atoms with Gasteiger partial charge in [0.1, 0.15) is 0 Å². The predicted molar refractivity (Wildman–Crippen MR) is 81.6 cm³/mol. The normalized spacial score (nSPS) is 11.0. The van der Waals surface area contributed by atoms with Gasteiger partial charge in [-0.1, -0.05) is 84.5 Å². The Labute approximate surface area is 116 Å². The van der Waals surface area contributed by atoms with Crippen molar-refractivity contribution in [3.05, 3.63) is 6.61 Å². The Morgan fingerprint density at radius 3 is 1.72 bits per heavy atom. The SMILES string of the molecule is CCCCC[CH]OCCCCCCCCCCC. The van der Waals surface area contributed by atoms with Gasteiger partial charge in [-0.2, -0.15) is 0 Å². The average Bonchev–Trinajstić information content (AvgIpc) is 2.39. The van der Waals surface area contributed by atoms with E-state index in [4.69, 9.17) is 4.74 Å². The molecule has 0 fully saturated rings. The van der Waals surface area contributed by atoms with E-state index in [0.717, 1.165) is 13.0 Å². The molecular weight excluding hydrogens is 220 g/mol. The topological polar surface area (TPSA) is 9.23 Å². The molecule has 0 aliphatic rings. The maximum Gasteiger partial charge on any atom is 0.0836 e. The maximum atomic E-state index is 5.51. The lowest BCUT2D eigenvalue weighted by molar-refractivity contribution is 0.184. The van der Waals surface area contributed by atoms with Gasteiger partial charge >= 0.3 is 0 Å². The van der Waals surface area contributed by atoms with Crippen LogP contribution in [0.5, 0.6) is 0 Å². The zero-order valence-corrected chi connectivity index (χ0v) is 12.9. The van der Waals surface area contributed by atoms with Crippen LogP contribution in [0.1, 0.15) is 97.3 Å². The van der Waals surface area contributed by atoms with Crippen molar-refractivity contribution >= 4 is 0 Å². The summed E-state index contributed by atoms with van der Waals surface area (Å²) in [6, 6.07) is 0. The zero-order valence-electron chi connectivity index (χ0n) is 12.9. The lowest BCUT2D eigenvalue weighted by Crippen LogP contribution is -1.92. The highest BCUT2D eigenvalue weighted by Gasteiger charge is 1.93. The van der Waals surface area contributed by atoms with Crippen LogP contribution < -0.4 is 0 Å². The lowest BCUT2D eigenvalue weighted by atomic mass is 10.1. The molecule has 1 radical (unpaired) electrons. The van der Waals surface area contributed by atoms with Gasteiger partial charge in [-0.3, -0.25) is 0 Å². The quantitative estimate of drug-likeness (QED) is 0.313. The molecular formula is C17H35O. The van der Waals surface area contributed by atoms with Gasteiger partial charge in [-0.25, -0.2) is 0 Å². The molecule has 0 N–H and O–H groups in total. The van der Waals surface area contributed by atoms with E-state index in [1.54, 1.807) is 0 Å². The van der Waals surface area contributed by atoms with E-state index >= 15 is 0 Å². The van der Waals surface area contributed by atoms with Crippen molar-refractivity contribution in [3.63, 3.8) is 0 Å². The Kier molecular flexibility index (Phi) is 16.9. The Hall–Kier alpha value is -0.0400. The third-order valence-corrected chi connectivity index (χ3v) is 3.41. The largest absolute Gasteiger partial charge is 0.376 e. The van der Waals surface area contributed by atoms with E-state index in [9.17, 15) is 0 Å². The highest BCUT2D eigenvalue weighted by molar-refractivity contribution is 4.52. The van der Waals surface area contributed by atoms with Crippen LogP contribution in [0.3, 0.4) is 0 Å². The second-order valence-electron chi connectivity index (χ2n) is 5.36. The van der Waals surface area contributed by atoms with Crippen molar-refractivity contribution in [2.45, 2.75) is 97.3 Å². The molecule has 0 atom stereocenters. The third kappa shape index (κ3) is 16.0. The summed E-state index contributed by atoms with van der Waals surface area (Å²) < 4.78 is 5.51. The van der Waals surface area contributed by atoms with Crippen molar-refractivity contribution in [3.8, 4) is 0 Å². The molecule has 0 rings (SSSR count). The van der Waals surface area contributed by atoms with Gasteiger partial charge in [0.2, 0.25) is 0 Å². The molecule has 0 saturated carbocycles. The van der Waals surface area contributed by atoms with Crippen LogP contribution in [0.4, 0.5) is 0 Å². The fraction of sp³-hybridized carbons (Fsp3) is 0.941. The molecule has 0 aliphatic heterocycles. The Balaban J connectivity index is 2.86.